The topological polar surface area (TPSA) is 50.2 Å². The molecule has 1 aromatic rings. The Bertz CT molecular complexity index is 442. The van der Waals surface area contributed by atoms with Crippen molar-refractivity contribution in [3.8, 4) is 0 Å². The van der Waals surface area contributed by atoms with Gasteiger partial charge in [-0.25, -0.2) is 4.98 Å². The zero-order valence-corrected chi connectivity index (χ0v) is 9.44. The van der Waals surface area contributed by atoms with Crippen molar-refractivity contribution >= 4 is 17.4 Å². The largest absolute Gasteiger partial charge is 0.383 e. The van der Waals surface area contributed by atoms with Gasteiger partial charge in [0.05, 0.1) is 0 Å². The lowest BCUT2D eigenvalue weighted by Crippen LogP contribution is -2.15. The smallest absolute Gasteiger partial charge is 0.161 e. The number of nitrogens with zero attached hydrogens (tertiary/aromatic N) is 1. The molecule has 1 aliphatic rings. The third-order valence-corrected chi connectivity index (χ3v) is 2.99. The Balaban J connectivity index is 2.32. The second kappa shape index (κ2) is 4.76. The number of hydrogen-bond donors (Lipinski definition) is 1. The molecule has 1 heterocycles. The lowest BCUT2D eigenvalue weighted by molar-refractivity contribution is -0.117. The highest BCUT2D eigenvalue weighted by Crippen LogP contribution is 2.30. The predicted molar refractivity (Wildman–Crippen MR) is 61.1 cm³/mol. The highest BCUT2D eigenvalue weighted by atomic mass is 35.5. The summed E-state index contributed by atoms with van der Waals surface area (Å²) in [6.07, 6.45) is 4.58. The van der Waals surface area contributed by atoms with E-state index in [1.54, 1.807) is 24.4 Å². The van der Waals surface area contributed by atoms with E-state index in [0.29, 0.717) is 17.6 Å². The van der Waals surface area contributed by atoms with Gasteiger partial charge in [0.2, 0.25) is 0 Å². The highest BCUT2D eigenvalue weighted by Gasteiger charge is 2.24. The van der Waals surface area contributed by atoms with E-state index in [-0.39, 0.29) is 10.9 Å². The zero-order valence-electron chi connectivity index (χ0n) is 8.69. The van der Waals surface area contributed by atoms with Gasteiger partial charge < -0.3 is 5.11 Å². The van der Waals surface area contributed by atoms with Crippen molar-refractivity contribution in [3.05, 3.63) is 40.7 Å². The number of halogens is 1. The first kappa shape index (κ1) is 11.3. The molecule has 1 aromatic heterocycles. The standard InChI is InChI=1S/C12H12ClNO2/c13-12-9(5-3-7-14-12)11(16)8-4-1-2-6-10(8)15/h3-5,7,11,16H,1-2,6H2. The zero-order chi connectivity index (χ0) is 11.5. The van der Waals surface area contributed by atoms with Crippen LogP contribution >= 0.6 is 11.6 Å². The fourth-order valence-electron chi connectivity index (χ4n) is 1.81. The van der Waals surface area contributed by atoms with Gasteiger partial charge in [0.1, 0.15) is 11.3 Å². The number of rotatable bonds is 2. The fourth-order valence-corrected chi connectivity index (χ4v) is 2.04. The molecule has 0 fully saturated rings. The molecule has 1 aliphatic carbocycles. The van der Waals surface area contributed by atoms with Crippen molar-refractivity contribution < 1.29 is 9.90 Å². The van der Waals surface area contributed by atoms with E-state index >= 15 is 0 Å². The van der Waals surface area contributed by atoms with E-state index in [2.05, 4.69) is 4.98 Å². The molecule has 0 amide bonds. The summed E-state index contributed by atoms with van der Waals surface area (Å²) < 4.78 is 0. The van der Waals surface area contributed by atoms with Gasteiger partial charge >= 0.3 is 0 Å². The van der Waals surface area contributed by atoms with Gasteiger partial charge in [-0.3, -0.25) is 4.79 Å². The number of aliphatic hydroxyl groups excluding tert-OH is 1. The van der Waals surface area contributed by atoms with Crippen molar-refractivity contribution in [1.29, 1.82) is 0 Å². The van der Waals surface area contributed by atoms with Crippen LogP contribution in [0.15, 0.2) is 30.0 Å². The van der Waals surface area contributed by atoms with Crippen LogP contribution in [0, 0.1) is 0 Å². The molecule has 0 saturated carbocycles. The van der Waals surface area contributed by atoms with Crippen LogP contribution in [0.2, 0.25) is 5.15 Å². The summed E-state index contributed by atoms with van der Waals surface area (Å²) in [6.45, 7) is 0. The Morgan fingerprint density at radius 2 is 2.31 bits per heavy atom. The second-order valence-electron chi connectivity index (χ2n) is 3.76. The minimum atomic E-state index is -0.950. The molecule has 4 heteroatoms. The number of aromatic nitrogens is 1. The minimum absolute atomic E-state index is 0.00123. The second-order valence-corrected chi connectivity index (χ2v) is 4.12. The highest BCUT2D eigenvalue weighted by molar-refractivity contribution is 6.30. The Morgan fingerprint density at radius 3 is 3.00 bits per heavy atom. The molecule has 1 unspecified atom stereocenters. The van der Waals surface area contributed by atoms with Crippen LogP contribution < -0.4 is 0 Å². The summed E-state index contributed by atoms with van der Waals surface area (Å²) >= 11 is 5.88. The van der Waals surface area contributed by atoms with Gasteiger partial charge in [-0.15, -0.1) is 0 Å². The average Bonchev–Trinajstić information content (AvgIpc) is 2.29. The van der Waals surface area contributed by atoms with Gasteiger partial charge in [0.25, 0.3) is 0 Å². The van der Waals surface area contributed by atoms with Crippen molar-refractivity contribution in [2.45, 2.75) is 25.4 Å². The van der Waals surface area contributed by atoms with Crippen LogP contribution in [-0.2, 0) is 4.79 Å². The Kier molecular flexibility index (Phi) is 3.36. The lowest BCUT2D eigenvalue weighted by Gasteiger charge is -2.18. The van der Waals surface area contributed by atoms with E-state index in [1.807, 2.05) is 0 Å². The number of allylic oxidation sites excluding steroid dienone is 1. The predicted octanol–water partition coefficient (Wildman–Crippen LogP) is 2.45. The monoisotopic (exact) mass is 237 g/mol. The number of aliphatic hydroxyl groups is 1. The van der Waals surface area contributed by atoms with Gasteiger partial charge in [0, 0.05) is 23.8 Å². The van der Waals surface area contributed by atoms with Crippen molar-refractivity contribution in [3.63, 3.8) is 0 Å². The minimum Gasteiger partial charge on any atom is -0.383 e. The van der Waals surface area contributed by atoms with E-state index < -0.39 is 6.10 Å². The van der Waals surface area contributed by atoms with Crippen molar-refractivity contribution in [2.75, 3.05) is 0 Å². The number of ketones is 1. The van der Waals surface area contributed by atoms with E-state index in [0.717, 1.165) is 12.8 Å². The third-order valence-electron chi connectivity index (χ3n) is 2.67. The van der Waals surface area contributed by atoms with Gasteiger partial charge in [0.15, 0.2) is 5.78 Å². The number of carbonyl (C=O) groups excluding carboxylic acids is 1. The molecule has 84 valence electrons. The molecule has 0 aromatic carbocycles. The van der Waals surface area contributed by atoms with Crippen molar-refractivity contribution in [2.24, 2.45) is 0 Å². The maximum absolute atomic E-state index is 11.6. The summed E-state index contributed by atoms with van der Waals surface area (Å²) in [6, 6.07) is 3.38. The van der Waals surface area contributed by atoms with Crippen LogP contribution in [0.4, 0.5) is 0 Å². The normalized spacial score (nSPS) is 18.1. The Labute approximate surface area is 98.8 Å². The maximum atomic E-state index is 11.6. The fraction of sp³-hybridized carbons (Fsp3) is 0.333. The molecular weight excluding hydrogens is 226 g/mol. The SMILES string of the molecule is O=C1CCCC=C1C(O)c1cccnc1Cl. The van der Waals surface area contributed by atoms with Crippen LogP contribution in [0.3, 0.4) is 0 Å². The van der Waals surface area contributed by atoms with Crippen molar-refractivity contribution in [1.82, 2.24) is 4.98 Å². The molecule has 16 heavy (non-hydrogen) atoms. The van der Waals surface area contributed by atoms with E-state index in [9.17, 15) is 9.90 Å². The van der Waals surface area contributed by atoms with Crippen LogP contribution in [-0.4, -0.2) is 15.9 Å². The first-order chi connectivity index (χ1) is 7.70. The third kappa shape index (κ3) is 2.15. The first-order valence-electron chi connectivity index (χ1n) is 5.22. The summed E-state index contributed by atoms with van der Waals surface area (Å²) in [5.74, 6) is -0.00123. The number of carbonyl (C=O) groups is 1. The maximum Gasteiger partial charge on any atom is 0.161 e. The quantitative estimate of drug-likeness (QED) is 0.804. The molecule has 0 radical (unpaired) electrons. The number of Topliss-reactive ketones (excluding diaryl/α,β-unsaturated/α-hetero) is 1. The molecule has 1 N–H and O–H groups in total. The van der Waals surface area contributed by atoms with E-state index in [4.69, 9.17) is 11.6 Å². The first-order valence-corrected chi connectivity index (χ1v) is 5.59. The summed E-state index contributed by atoms with van der Waals surface area (Å²) in [5, 5.41) is 10.3. The summed E-state index contributed by atoms with van der Waals surface area (Å²) in [7, 11) is 0. The molecule has 0 bridgehead atoms. The lowest BCUT2D eigenvalue weighted by atomic mass is 9.91. The molecule has 3 nitrogen and oxygen atoms in total. The molecular formula is C12H12ClNO2. The summed E-state index contributed by atoms with van der Waals surface area (Å²) in [4.78, 5) is 15.5. The Hall–Kier alpha value is -1.19. The van der Waals surface area contributed by atoms with E-state index in [1.165, 1.54) is 0 Å². The molecule has 0 aliphatic heterocycles. The molecule has 1 atom stereocenters. The number of hydrogen-bond acceptors (Lipinski definition) is 3. The molecule has 2 rings (SSSR count). The molecule has 0 saturated heterocycles. The molecule has 0 spiro atoms. The van der Waals surface area contributed by atoms with Crippen LogP contribution in [0.25, 0.3) is 0 Å². The van der Waals surface area contributed by atoms with Gasteiger partial charge in [-0.2, -0.15) is 0 Å². The summed E-state index contributed by atoms with van der Waals surface area (Å²) in [5.41, 5.74) is 0.937. The van der Waals surface area contributed by atoms with Gasteiger partial charge in [-0.05, 0) is 18.9 Å². The Morgan fingerprint density at radius 1 is 1.50 bits per heavy atom. The van der Waals surface area contributed by atoms with Gasteiger partial charge in [-0.1, -0.05) is 23.7 Å². The average molecular weight is 238 g/mol. The van der Waals surface area contributed by atoms with Crippen LogP contribution in [0.1, 0.15) is 30.9 Å². The number of pyridine rings is 1. The van der Waals surface area contributed by atoms with Crippen LogP contribution in [0.5, 0.6) is 0 Å².